The molecule has 0 fully saturated rings. The van der Waals surface area contributed by atoms with Crippen LogP contribution in [-0.4, -0.2) is 44.7 Å². The van der Waals surface area contributed by atoms with Crippen molar-refractivity contribution in [3.8, 4) is 0 Å². The van der Waals surface area contributed by atoms with E-state index in [9.17, 15) is 21.6 Å². The second-order valence-corrected chi connectivity index (χ2v) is 6.98. The van der Waals surface area contributed by atoms with Crippen molar-refractivity contribution in [2.24, 2.45) is 0 Å². The smallest absolute Gasteiger partial charge is 0.336 e. The molecule has 0 radical (unpaired) electrons. The zero-order valence-electron chi connectivity index (χ0n) is 10.2. The van der Waals surface area contributed by atoms with E-state index >= 15 is 0 Å². The lowest BCUT2D eigenvalue weighted by Crippen LogP contribution is -2.35. The number of esters is 1. The molecule has 0 spiro atoms. The van der Waals surface area contributed by atoms with Crippen molar-refractivity contribution in [3.63, 3.8) is 0 Å². The monoisotopic (exact) mass is 304 g/mol. The normalized spacial score (nSPS) is 16.0. The van der Waals surface area contributed by atoms with Gasteiger partial charge in [-0.15, -0.1) is 0 Å². The van der Waals surface area contributed by atoms with Gasteiger partial charge in [-0.1, -0.05) is 6.92 Å². The zero-order valence-corrected chi connectivity index (χ0v) is 11.8. The molecule has 0 aromatic heterocycles. The molecule has 0 aliphatic heterocycles. The van der Waals surface area contributed by atoms with E-state index in [2.05, 4.69) is 8.92 Å². The second-order valence-electron chi connectivity index (χ2n) is 3.34. The van der Waals surface area contributed by atoms with Gasteiger partial charge in [0.2, 0.25) is 4.58 Å². The quantitative estimate of drug-likeness (QED) is 0.393. The minimum absolute atomic E-state index is 0.0298. The first-order valence-electron chi connectivity index (χ1n) is 5.11. The topological polar surface area (TPSA) is 124 Å². The SMILES string of the molecule is CCOC(=O)C(C)OS(=O)(=O)C(CC)S(=O)(=O)O. The maximum absolute atomic E-state index is 11.6. The van der Waals surface area contributed by atoms with Crippen LogP contribution in [0.25, 0.3) is 0 Å². The Labute approximate surface area is 106 Å². The first-order valence-corrected chi connectivity index (χ1v) is 8.08. The maximum atomic E-state index is 11.6. The molecule has 18 heavy (non-hydrogen) atoms. The van der Waals surface area contributed by atoms with E-state index in [1.807, 2.05) is 0 Å². The van der Waals surface area contributed by atoms with Gasteiger partial charge in [-0.25, -0.2) is 4.79 Å². The van der Waals surface area contributed by atoms with E-state index in [-0.39, 0.29) is 6.61 Å². The van der Waals surface area contributed by atoms with E-state index in [4.69, 9.17) is 4.55 Å². The van der Waals surface area contributed by atoms with E-state index in [1.54, 1.807) is 0 Å². The average molecular weight is 304 g/mol. The fourth-order valence-electron chi connectivity index (χ4n) is 1.13. The molecule has 0 aromatic rings. The highest BCUT2D eigenvalue weighted by Gasteiger charge is 2.38. The van der Waals surface area contributed by atoms with Gasteiger partial charge in [-0.3, -0.25) is 8.74 Å². The molecule has 8 nitrogen and oxygen atoms in total. The van der Waals surface area contributed by atoms with Crippen LogP contribution in [0.3, 0.4) is 0 Å². The molecule has 0 rings (SSSR count). The number of carbonyl (C=O) groups excluding carboxylic acids is 1. The Morgan fingerprint density at radius 1 is 1.22 bits per heavy atom. The second kappa shape index (κ2) is 6.45. The lowest BCUT2D eigenvalue weighted by atomic mass is 10.4. The lowest BCUT2D eigenvalue weighted by molar-refractivity contribution is -0.150. The Bertz CT molecular complexity index is 477. The number of ether oxygens (including phenoxy) is 1. The molecule has 0 aliphatic carbocycles. The molecule has 0 aromatic carbocycles. The molecule has 0 bridgehead atoms. The molecule has 0 heterocycles. The fourth-order valence-corrected chi connectivity index (χ4v) is 3.89. The van der Waals surface area contributed by atoms with Gasteiger partial charge >= 0.3 is 5.97 Å². The summed E-state index contributed by atoms with van der Waals surface area (Å²) in [6, 6.07) is 0. The van der Waals surface area contributed by atoms with Crippen LogP contribution in [0.5, 0.6) is 0 Å². The summed E-state index contributed by atoms with van der Waals surface area (Å²) >= 11 is 0. The predicted molar refractivity (Wildman–Crippen MR) is 61.7 cm³/mol. The fraction of sp³-hybridized carbons (Fsp3) is 0.875. The van der Waals surface area contributed by atoms with Crippen LogP contribution in [0.1, 0.15) is 27.2 Å². The van der Waals surface area contributed by atoms with Crippen molar-refractivity contribution >= 4 is 26.2 Å². The summed E-state index contributed by atoms with van der Waals surface area (Å²) in [7, 11) is -9.45. The van der Waals surface area contributed by atoms with Gasteiger partial charge in [0.05, 0.1) is 6.61 Å². The average Bonchev–Trinajstić information content (AvgIpc) is 2.14. The highest BCUT2D eigenvalue weighted by Crippen LogP contribution is 2.16. The molecule has 0 amide bonds. The van der Waals surface area contributed by atoms with Crippen LogP contribution in [0, 0.1) is 0 Å². The highest BCUT2D eigenvalue weighted by atomic mass is 32.3. The highest BCUT2D eigenvalue weighted by molar-refractivity contribution is 8.04. The largest absolute Gasteiger partial charge is 0.464 e. The van der Waals surface area contributed by atoms with Crippen molar-refractivity contribution in [1.29, 1.82) is 0 Å². The van der Waals surface area contributed by atoms with Gasteiger partial charge in [0, 0.05) is 0 Å². The molecule has 0 saturated heterocycles. The van der Waals surface area contributed by atoms with Crippen LogP contribution >= 0.6 is 0 Å². The molecule has 0 saturated carbocycles. The molecule has 10 heteroatoms. The van der Waals surface area contributed by atoms with E-state index in [1.165, 1.54) is 13.8 Å². The lowest BCUT2D eigenvalue weighted by Gasteiger charge is -2.16. The van der Waals surface area contributed by atoms with Crippen LogP contribution in [0.15, 0.2) is 0 Å². The van der Waals surface area contributed by atoms with Crippen molar-refractivity contribution < 1.29 is 35.1 Å². The van der Waals surface area contributed by atoms with Crippen LogP contribution in [-0.2, 0) is 34.0 Å². The Morgan fingerprint density at radius 3 is 2.06 bits per heavy atom. The summed E-state index contributed by atoms with van der Waals surface area (Å²) in [4.78, 5) is 11.2. The third-order valence-electron chi connectivity index (χ3n) is 1.88. The summed E-state index contributed by atoms with van der Waals surface area (Å²) in [5.41, 5.74) is 0. The Kier molecular flexibility index (Phi) is 6.20. The molecular weight excluding hydrogens is 288 g/mol. The van der Waals surface area contributed by atoms with Crippen molar-refractivity contribution in [2.45, 2.75) is 37.9 Å². The Morgan fingerprint density at radius 2 is 1.72 bits per heavy atom. The van der Waals surface area contributed by atoms with E-state index < -0.39 is 43.3 Å². The van der Waals surface area contributed by atoms with Gasteiger partial charge in [-0.05, 0) is 20.3 Å². The summed E-state index contributed by atoms with van der Waals surface area (Å²) in [6.07, 6.45) is -1.89. The van der Waals surface area contributed by atoms with Gasteiger partial charge in [-0.2, -0.15) is 16.8 Å². The Hall–Kier alpha value is -0.710. The first kappa shape index (κ1) is 17.3. The standard InChI is InChI=1S/C8H16O8S2/c1-4-7(17(10,11)12)18(13,14)16-6(3)8(9)15-5-2/h6-7H,4-5H2,1-3H3,(H,10,11,12). The van der Waals surface area contributed by atoms with Crippen LogP contribution in [0.2, 0.25) is 0 Å². The third kappa shape index (κ3) is 4.88. The minimum atomic E-state index is -4.82. The van der Waals surface area contributed by atoms with E-state index in [0.29, 0.717) is 0 Å². The van der Waals surface area contributed by atoms with Crippen molar-refractivity contribution in [3.05, 3.63) is 0 Å². The van der Waals surface area contributed by atoms with Gasteiger partial charge in [0.25, 0.3) is 20.2 Å². The predicted octanol–water partition coefficient (Wildman–Crippen LogP) is -0.0917. The van der Waals surface area contributed by atoms with Crippen LogP contribution in [0.4, 0.5) is 0 Å². The Balaban J connectivity index is 5.02. The molecule has 0 aliphatic rings. The number of rotatable bonds is 7. The number of hydrogen-bond donors (Lipinski definition) is 1. The van der Waals surface area contributed by atoms with Crippen molar-refractivity contribution in [2.75, 3.05) is 6.61 Å². The van der Waals surface area contributed by atoms with Crippen LogP contribution < -0.4 is 0 Å². The van der Waals surface area contributed by atoms with E-state index in [0.717, 1.165) is 6.92 Å². The first-order chi connectivity index (χ1) is 8.06. The maximum Gasteiger partial charge on any atom is 0.336 e. The number of hydrogen-bond acceptors (Lipinski definition) is 7. The molecule has 2 unspecified atom stereocenters. The number of carbonyl (C=O) groups is 1. The summed E-state index contributed by atoms with van der Waals surface area (Å²) in [5.74, 6) is -0.939. The molecular formula is C8H16O8S2. The molecule has 108 valence electrons. The summed E-state index contributed by atoms with van der Waals surface area (Å²) in [6.45, 7) is 3.90. The van der Waals surface area contributed by atoms with Gasteiger partial charge in [0.1, 0.15) is 0 Å². The van der Waals surface area contributed by atoms with Crippen molar-refractivity contribution in [1.82, 2.24) is 0 Å². The molecule has 1 N–H and O–H groups in total. The van der Waals surface area contributed by atoms with Gasteiger partial charge < -0.3 is 4.74 Å². The molecule has 2 atom stereocenters. The third-order valence-corrected chi connectivity index (χ3v) is 5.85. The summed E-state index contributed by atoms with van der Waals surface area (Å²) in [5, 5.41) is 0. The van der Waals surface area contributed by atoms with Gasteiger partial charge in [0.15, 0.2) is 6.10 Å². The summed E-state index contributed by atoms with van der Waals surface area (Å²) < 4.78 is 60.4. The zero-order chi connectivity index (χ0) is 14.6. The minimum Gasteiger partial charge on any atom is -0.464 e.